The SMILES string of the molecule is COc1ccc(-c2nc(-c3cccc(C(F)(F)F)c3)c(-c3ccncn3)[nH]2)cc1. The van der Waals surface area contributed by atoms with E-state index in [0.29, 0.717) is 34.2 Å². The van der Waals surface area contributed by atoms with Gasteiger partial charge in [0.1, 0.15) is 17.9 Å². The van der Waals surface area contributed by atoms with Gasteiger partial charge in [-0.2, -0.15) is 13.2 Å². The maximum Gasteiger partial charge on any atom is 0.416 e. The number of alkyl halides is 3. The molecule has 0 unspecified atom stereocenters. The second kappa shape index (κ2) is 7.38. The molecule has 2 aromatic heterocycles. The molecule has 146 valence electrons. The average molecular weight is 396 g/mol. The Labute approximate surface area is 164 Å². The van der Waals surface area contributed by atoms with Crippen LogP contribution in [0.2, 0.25) is 0 Å². The van der Waals surface area contributed by atoms with Crippen molar-refractivity contribution in [2.75, 3.05) is 7.11 Å². The Morgan fingerprint density at radius 2 is 1.76 bits per heavy atom. The highest BCUT2D eigenvalue weighted by molar-refractivity contribution is 5.80. The van der Waals surface area contributed by atoms with E-state index < -0.39 is 11.7 Å². The molecule has 0 amide bonds. The van der Waals surface area contributed by atoms with E-state index in [1.807, 2.05) is 12.1 Å². The van der Waals surface area contributed by atoms with Crippen molar-refractivity contribution in [3.05, 3.63) is 72.7 Å². The zero-order chi connectivity index (χ0) is 20.4. The van der Waals surface area contributed by atoms with Crippen LogP contribution in [0.1, 0.15) is 5.56 Å². The van der Waals surface area contributed by atoms with Crippen LogP contribution in [0.15, 0.2) is 67.1 Å². The number of H-pyrrole nitrogens is 1. The highest BCUT2D eigenvalue weighted by atomic mass is 19.4. The van der Waals surface area contributed by atoms with Crippen molar-refractivity contribution in [2.24, 2.45) is 0 Å². The molecule has 0 bridgehead atoms. The largest absolute Gasteiger partial charge is 0.497 e. The van der Waals surface area contributed by atoms with Gasteiger partial charge in [0, 0.05) is 17.3 Å². The number of nitrogens with one attached hydrogen (secondary N) is 1. The van der Waals surface area contributed by atoms with Crippen LogP contribution in [0.3, 0.4) is 0 Å². The number of hydrogen-bond donors (Lipinski definition) is 1. The number of aromatic amines is 1. The maximum absolute atomic E-state index is 13.2. The number of hydrogen-bond acceptors (Lipinski definition) is 4. The van der Waals surface area contributed by atoms with Crippen LogP contribution in [0.25, 0.3) is 34.0 Å². The molecule has 0 aliphatic rings. The van der Waals surface area contributed by atoms with Gasteiger partial charge in [-0.3, -0.25) is 0 Å². The van der Waals surface area contributed by atoms with E-state index in [1.54, 1.807) is 37.6 Å². The second-order valence-electron chi connectivity index (χ2n) is 6.21. The molecule has 0 radical (unpaired) electrons. The van der Waals surface area contributed by atoms with Crippen molar-refractivity contribution in [1.29, 1.82) is 0 Å². The van der Waals surface area contributed by atoms with Crippen LogP contribution < -0.4 is 4.74 Å². The Morgan fingerprint density at radius 1 is 0.966 bits per heavy atom. The van der Waals surface area contributed by atoms with E-state index in [1.165, 1.54) is 12.4 Å². The Kier molecular flexibility index (Phi) is 4.75. The first kappa shape index (κ1) is 18.7. The topological polar surface area (TPSA) is 63.7 Å². The molecule has 0 saturated heterocycles. The van der Waals surface area contributed by atoms with Gasteiger partial charge in [0.05, 0.1) is 29.8 Å². The van der Waals surface area contributed by atoms with E-state index in [0.717, 1.165) is 17.7 Å². The van der Waals surface area contributed by atoms with Gasteiger partial charge in [0.15, 0.2) is 0 Å². The minimum atomic E-state index is -4.44. The molecule has 4 aromatic rings. The second-order valence-corrected chi connectivity index (χ2v) is 6.21. The quantitative estimate of drug-likeness (QED) is 0.513. The third kappa shape index (κ3) is 3.82. The van der Waals surface area contributed by atoms with Crippen LogP contribution in [-0.2, 0) is 6.18 Å². The zero-order valence-corrected chi connectivity index (χ0v) is 15.2. The van der Waals surface area contributed by atoms with E-state index in [2.05, 4.69) is 19.9 Å². The van der Waals surface area contributed by atoms with Crippen molar-refractivity contribution < 1.29 is 17.9 Å². The number of rotatable bonds is 4. The lowest BCUT2D eigenvalue weighted by Gasteiger charge is -2.08. The number of aromatic nitrogens is 4. The smallest absolute Gasteiger partial charge is 0.416 e. The van der Waals surface area contributed by atoms with E-state index in [9.17, 15) is 13.2 Å². The first-order valence-electron chi connectivity index (χ1n) is 8.64. The summed E-state index contributed by atoms with van der Waals surface area (Å²) in [6.07, 6.45) is -1.51. The monoisotopic (exact) mass is 396 g/mol. The van der Waals surface area contributed by atoms with Crippen LogP contribution in [-0.4, -0.2) is 27.0 Å². The normalized spacial score (nSPS) is 11.4. The lowest BCUT2D eigenvalue weighted by Crippen LogP contribution is -2.04. The van der Waals surface area contributed by atoms with E-state index in [-0.39, 0.29) is 0 Å². The molecule has 29 heavy (non-hydrogen) atoms. The minimum Gasteiger partial charge on any atom is -0.497 e. The van der Waals surface area contributed by atoms with Gasteiger partial charge in [-0.05, 0) is 42.5 Å². The van der Waals surface area contributed by atoms with Gasteiger partial charge >= 0.3 is 6.18 Å². The summed E-state index contributed by atoms with van der Waals surface area (Å²) in [5, 5.41) is 0. The van der Waals surface area contributed by atoms with Crippen molar-refractivity contribution in [1.82, 2.24) is 19.9 Å². The Morgan fingerprint density at radius 3 is 2.41 bits per heavy atom. The molecule has 8 heteroatoms. The Bertz CT molecular complexity index is 1120. The molecule has 0 aliphatic heterocycles. The standard InChI is InChI=1S/C21H15F3N4O/c1-29-16-7-5-13(6-8-16)20-27-18(19(28-20)17-9-10-25-12-26-17)14-3-2-4-15(11-14)21(22,23)24/h2-12H,1H3,(H,27,28). The van der Waals surface area contributed by atoms with Gasteiger partial charge in [-0.1, -0.05) is 12.1 Å². The van der Waals surface area contributed by atoms with Crippen LogP contribution >= 0.6 is 0 Å². The lowest BCUT2D eigenvalue weighted by molar-refractivity contribution is -0.137. The molecule has 2 heterocycles. The summed E-state index contributed by atoms with van der Waals surface area (Å²) < 4.78 is 44.7. The summed E-state index contributed by atoms with van der Waals surface area (Å²) in [6.45, 7) is 0. The van der Waals surface area contributed by atoms with Gasteiger partial charge in [0.25, 0.3) is 0 Å². The summed E-state index contributed by atoms with van der Waals surface area (Å²) in [5.41, 5.74) is 1.78. The third-order valence-electron chi connectivity index (χ3n) is 4.37. The first-order valence-corrected chi connectivity index (χ1v) is 8.64. The molecule has 2 aromatic carbocycles. The van der Waals surface area contributed by atoms with Crippen molar-refractivity contribution in [3.63, 3.8) is 0 Å². The van der Waals surface area contributed by atoms with Crippen molar-refractivity contribution in [2.45, 2.75) is 6.18 Å². The fourth-order valence-electron chi connectivity index (χ4n) is 2.93. The molecule has 0 spiro atoms. The number of nitrogens with zero attached hydrogens (tertiary/aromatic N) is 3. The van der Waals surface area contributed by atoms with Gasteiger partial charge < -0.3 is 9.72 Å². The Balaban J connectivity index is 1.87. The molecule has 0 saturated carbocycles. The van der Waals surface area contributed by atoms with Crippen molar-refractivity contribution >= 4 is 0 Å². The molecule has 5 nitrogen and oxygen atoms in total. The molecule has 4 rings (SSSR count). The molecular formula is C21H15F3N4O. The average Bonchev–Trinajstić information content (AvgIpc) is 3.19. The fourth-order valence-corrected chi connectivity index (χ4v) is 2.93. The number of halogens is 3. The van der Waals surface area contributed by atoms with Crippen LogP contribution in [0.5, 0.6) is 5.75 Å². The van der Waals surface area contributed by atoms with Crippen LogP contribution in [0, 0.1) is 0 Å². The predicted molar refractivity (Wildman–Crippen MR) is 102 cm³/mol. The number of ether oxygens (including phenoxy) is 1. The summed E-state index contributed by atoms with van der Waals surface area (Å²) >= 11 is 0. The van der Waals surface area contributed by atoms with Gasteiger partial charge in [0.2, 0.25) is 0 Å². The summed E-state index contributed by atoms with van der Waals surface area (Å²) in [7, 11) is 1.57. The highest BCUT2D eigenvalue weighted by Crippen LogP contribution is 2.36. The molecular weight excluding hydrogens is 381 g/mol. The fraction of sp³-hybridized carbons (Fsp3) is 0.0952. The molecule has 0 atom stereocenters. The molecule has 0 fully saturated rings. The minimum absolute atomic E-state index is 0.337. The summed E-state index contributed by atoms with van der Waals surface area (Å²) in [4.78, 5) is 15.9. The lowest BCUT2D eigenvalue weighted by atomic mass is 10.1. The highest BCUT2D eigenvalue weighted by Gasteiger charge is 2.31. The number of imidazole rings is 1. The number of methoxy groups -OCH3 is 1. The molecule has 0 aliphatic carbocycles. The maximum atomic E-state index is 13.2. The third-order valence-corrected chi connectivity index (χ3v) is 4.37. The molecule has 1 N–H and O–H groups in total. The van der Waals surface area contributed by atoms with E-state index >= 15 is 0 Å². The van der Waals surface area contributed by atoms with Gasteiger partial charge in [-0.25, -0.2) is 15.0 Å². The van der Waals surface area contributed by atoms with Crippen LogP contribution in [0.4, 0.5) is 13.2 Å². The number of benzene rings is 2. The summed E-state index contributed by atoms with van der Waals surface area (Å²) in [6, 6.07) is 13.9. The van der Waals surface area contributed by atoms with Gasteiger partial charge in [-0.15, -0.1) is 0 Å². The predicted octanol–water partition coefficient (Wildman–Crippen LogP) is 5.23. The zero-order valence-electron chi connectivity index (χ0n) is 15.2. The first-order chi connectivity index (χ1) is 14.0. The van der Waals surface area contributed by atoms with Crippen molar-refractivity contribution in [3.8, 4) is 39.8 Å². The van der Waals surface area contributed by atoms with E-state index in [4.69, 9.17) is 4.74 Å². The summed E-state index contributed by atoms with van der Waals surface area (Å²) in [5.74, 6) is 1.20. The Hall–Kier alpha value is -3.68.